The van der Waals surface area contributed by atoms with Crippen LogP contribution in [0.25, 0.3) is 0 Å². The molecule has 7 heteroatoms. The minimum absolute atomic E-state index is 0.0148. The molecule has 0 amide bonds. The van der Waals surface area contributed by atoms with Crippen LogP contribution in [0.4, 0.5) is 0 Å². The smallest absolute Gasteiger partial charge is 0.257 e. The van der Waals surface area contributed by atoms with Crippen molar-refractivity contribution >= 4 is 10.0 Å². The highest BCUT2D eigenvalue weighted by Gasteiger charge is 2.20. The lowest BCUT2D eigenvalue weighted by Gasteiger charge is -2.15. The van der Waals surface area contributed by atoms with E-state index >= 15 is 0 Å². The Balaban J connectivity index is 2.08. The van der Waals surface area contributed by atoms with Crippen molar-refractivity contribution in [2.24, 2.45) is 0 Å². The van der Waals surface area contributed by atoms with Crippen molar-refractivity contribution in [2.45, 2.75) is 17.5 Å². The first-order valence-electron chi connectivity index (χ1n) is 5.78. The molecule has 0 saturated carbocycles. The lowest BCUT2D eigenvalue weighted by molar-refractivity contribution is 0.256. The predicted octanol–water partition coefficient (Wildman–Crippen LogP) is 0.292. The van der Waals surface area contributed by atoms with Gasteiger partial charge >= 0.3 is 0 Å². The number of H-pyrrole nitrogens is 1. The molecule has 3 N–H and O–H groups in total. The first-order chi connectivity index (χ1) is 9.12. The Hall–Kier alpha value is -1.70. The summed E-state index contributed by atoms with van der Waals surface area (Å²) >= 11 is 0. The van der Waals surface area contributed by atoms with Crippen LogP contribution in [-0.4, -0.2) is 36.4 Å². The molecule has 0 spiro atoms. The summed E-state index contributed by atoms with van der Waals surface area (Å²) in [5, 5.41) is 15.3. The van der Waals surface area contributed by atoms with Gasteiger partial charge in [-0.25, -0.2) is 13.1 Å². The number of nitrogens with zero attached hydrogens (tertiary/aromatic N) is 1. The SMILES string of the molecule is O=S(=O)(N[C@@H](CO)Cc1ccccc1)c1ccn[nH]1. The molecule has 19 heavy (non-hydrogen) atoms. The van der Waals surface area contributed by atoms with Gasteiger partial charge in [0.05, 0.1) is 12.8 Å². The summed E-state index contributed by atoms with van der Waals surface area (Å²) in [4.78, 5) is 0. The molecular formula is C12H15N3O3S. The van der Waals surface area contributed by atoms with Crippen molar-refractivity contribution < 1.29 is 13.5 Å². The van der Waals surface area contributed by atoms with E-state index in [1.807, 2.05) is 30.3 Å². The third-order valence-electron chi connectivity index (χ3n) is 2.63. The summed E-state index contributed by atoms with van der Waals surface area (Å²) in [5.41, 5.74) is 0.953. The van der Waals surface area contributed by atoms with E-state index in [9.17, 15) is 13.5 Å². The molecule has 0 saturated heterocycles. The quantitative estimate of drug-likeness (QED) is 0.709. The fourth-order valence-electron chi connectivity index (χ4n) is 1.72. The van der Waals surface area contributed by atoms with Crippen molar-refractivity contribution in [1.82, 2.24) is 14.9 Å². The first-order valence-corrected chi connectivity index (χ1v) is 7.26. The Morgan fingerprint density at radius 2 is 2.00 bits per heavy atom. The maximum Gasteiger partial charge on any atom is 0.257 e. The van der Waals surface area contributed by atoms with Crippen LogP contribution in [-0.2, 0) is 16.4 Å². The second-order valence-electron chi connectivity index (χ2n) is 4.11. The molecule has 1 aromatic heterocycles. The van der Waals surface area contributed by atoms with Crippen molar-refractivity contribution in [3.63, 3.8) is 0 Å². The van der Waals surface area contributed by atoms with Crippen LogP contribution >= 0.6 is 0 Å². The van der Waals surface area contributed by atoms with Crippen LogP contribution in [0.15, 0.2) is 47.6 Å². The molecule has 102 valence electrons. The molecule has 6 nitrogen and oxygen atoms in total. The minimum Gasteiger partial charge on any atom is -0.395 e. The number of nitrogens with one attached hydrogen (secondary N) is 2. The molecule has 1 aromatic carbocycles. The van der Waals surface area contributed by atoms with E-state index in [1.54, 1.807) is 0 Å². The number of aliphatic hydroxyl groups excluding tert-OH is 1. The van der Waals surface area contributed by atoms with Gasteiger partial charge in [0.25, 0.3) is 10.0 Å². The summed E-state index contributed by atoms with van der Waals surface area (Å²) in [6, 6.07) is 10.2. The van der Waals surface area contributed by atoms with Crippen LogP contribution in [0.1, 0.15) is 5.56 Å². The summed E-state index contributed by atoms with van der Waals surface area (Å²) in [7, 11) is -3.68. The lowest BCUT2D eigenvalue weighted by atomic mass is 10.1. The van der Waals surface area contributed by atoms with Crippen molar-refractivity contribution in [1.29, 1.82) is 0 Å². The number of aromatic nitrogens is 2. The Labute approximate surface area is 111 Å². The largest absolute Gasteiger partial charge is 0.395 e. The van der Waals surface area contributed by atoms with Gasteiger partial charge in [-0.3, -0.25) is 5.10 Å². The normalized spacial score (nSPS) is 13.3. The van der Waals surface area contributed by atoms with Gasteiger partial charge in [-0.05, 0) is 18.1 Å². The van der Waals surface area contributed by atoms with E-state index in [4.69, 9.17) is 0 Å². The zero-order valence-corrected chi connectivity index (χ0v) is 11.0. The van der Waals surface area contributed by atoms with Gasteiger partial charge < -0.3 is 5.11 Å². The van der Waals surface area contributed by atoms with E-state index in [0.717, 1.165) is 5.56 Å². The summed E-state index contributed by atoms with van der Waals surface area (Å²) in [5.74, 6) is 0. The van der Waals surface area contributed by atoms with Gasteiger partial charge in [0.15, 0.2) is 5.03 Å². The minimum atomic E-state index is -3.68. The number of benzene rings is 1. The van der Waals surface area contributed by atoms with E-state index in [-0.39, 0.29) is 11.6 Å². The second-order valence-corrected chi connectivity index (χ2v) is 5.79. The first kappa shape index (κ1) is 13.7. The molecule has 0 fully saturated rings. The van der Waals surface area contributed by atoms with Gasteiger partial charge in [0, 0.05) is 6.04 Å². The maximum atomic E-state index is 12.0. The van der Waals surface area contributed by atoms with Crippen molar-refractivity contribution in [3.05, 3.63) is 48.2 Å². The maximum absolute atomic E-state index is 12.0. The van der Waals surface area contributed by atoms with Crippen molar-refractivity contribution in [2.75, 3.05) is 6.61 Å². The number of aliphatic hydroxyl groups is 1. The molecule has 0 aliphatic rings. The number of rotatable bonds is 6. The number of hydrogen-bond donors (Lipinski definition) is 3. The van der Waals surface area contributed by atoms with Gasteiger partial charge in [0.1, 0.15) is 0 Å². The van der Waals surface area contributed by atoms with E-state index in [1.165, 1.54) is 12.3 Å². The van der Waals surface area contributed by atoms with Crippen LogP contribution < -0.4 is 4.72 Å². The number of aromatic amines is 1. The third kappa shape index (κ3) is 3.63. The molecular weight excluding hydrogens is 266 g/mol. The van der Waals surface area contributed by atoms with Crippen LogP contribution in [0.2, 0.25) is 0 Å². The van der Waals surface area contributed by atoms with Gasteiger partial charge in [0.2, 0.25) is 0 Å². The van der Waals surface area contributed by atoms with Crippen LogP contribution in [0, 0.1) is 0 Å². The van der Waals surface area contributed by atoms with E-state index in [0.29, 0.717) is 6.42 Å². The average molecular weight is 281 g/mol. The van der Waals surface area contributed by atoms with E-state index in [2.05, 4.69) is 14.9 Å². The third-order valence-corrected chi connectivity index (χ3v) is 4.08. The highest BCUT2D eigenvalue weighted by molar-refractivity contribution is 7.89. The lowest BCUT2D eigenvalue weighted by Crippen LogP contribution is -2.39. The summed E-state index contributed by atoms with van der Waals surface area (Å²) in [6.07, 6.45) is 1.78. The fraction of sp³-hybridized carbons (Fsp3) is 0.250. The Bertz CT molecular complexity index is 596. The summed E-state index contributed by atoms with van der Waals surface area (Å²) in [6.45, 7) is -0.276. The molecule has 1 atom stereocenters. The second kappa shape index (κ2) is 5.96. The standard InChI is InChI=1S/C12H15N3O3S/c16-9-11(8-10-4-2-1-3-5-10)15-19(17,18)12-6-7-13-14-12/h1-7,11,15-16H,8-9H2,(H,13,14)/t11-/m1/s1. The summed E-state index contributed by atoms with van der Waals surface area (Å²) < 4.78 is 26.4. The van der Waals surface area contributed by atoms with Gasteiger partial charge in [-0.15, -0.1) is 0 Å². The molecule has 0 radical (unpaired) electrons. The molecule has 2 aromatic rings. The van der Waals surface area contributed by atoms with Crippen molar-refractivity contribution in [3.8, 4) is 0 Å². The zero-order chi connectivity index (χ0) is 13.7. The number of hydrogen-bond acceptors (Lipinski definition) is 4. The molecule has 0 bridgehead atoms. The van der Waals surface area contributed by atoms with E-state index < -0.39 is 16.1 Å². The highest BCUT2D eigenvalue weighted by atomic mass is 32.2. The molecule has 0 aliphatic carbocycles. The van der Waals surface area contributed by atoms with Gasteiger partial charge in [-0.1, -0.05) is 30.3 Å². The Morgan fingerprint density at radius 1 is 1.26 bits per heavy atom. The molecule has 0 aliphatic heterocycles. The molecule has 1 heterocycles. The van der Waals surface area contributed by atoms with Gasteiger partial charge in [-0.2, -0.15) is 5.10 Å². The molecule has 2 rings (SSSR count). The Kier molecular flexibility index (Phi) is 4.31. The average Bonchev–Trinajstić information content (AvgIpc) is 2.93. The highest BCUT2D eigenvalue weighted by Crippen LogP contribution is 2.07. The van der Waals surface area contributed by atoms with Crippen LogP contribution in [0.5, 0.6) is 0 Å². The van der Waals surface area contributed by atoms with Crippen LogP contribution in [0.3, 0.4) is 0 Å². The monoisotopic (exact) mass is 281 g/mol. The topological polar surface area (TPSA) is 95.1 Å². The zero-order valence-electron chi connectivity index (χ0n) is 10.2. The Morgan fingerprint density at radius 3 is 2.58 bits per heavy atom. The predicted molar refractivity (Wildman–Crippen MR) is 69.9 cm³/mol. The molecule has 0 unspecified atom stereocenters. The fourth-order valence-corrected chi connectivity index (χ4v) is 2.85. The number of sulfonamides is 1.